The fraction of sp³-hybridized carbons (Fsp3) is 0.750. The van der Waals surface area contributed by atoms with Crippen molar-refractivity contribution >= 4 is 17.6 Å². The third kappa shape index (κ3) is 7.80. The molecular formula is C28H45ClFN3O3. The minimum atomic E-state index is -1.41. The molecular weight excluding hydrogens is 481 g/mol. The van der Waals surface area contributed by atoms with Gasteiger partial charge in [-0.1, -0.05) is 55.8 Å². The number of hydrogen-bond acceptors (Lipinski definition) is 4. The number of piperidine rings is 1. The number of aliphatic hydroxyl groups is 1. The van der Waals surface area contributed by atoms with Crippen LogP contribution in [-0.2, 0) is 10.3 Å². The first-order valence-corrected chi connectivity index (χ1v) is 14.1. The van der Waals surface area contributed by atoms with E-state index in [0.29, 0.717) is 38.5 Å². The summed E-state index contributed by atoms with van der Waals surface area (Å²) in [5.74, 6) is -0.195. The second kappa shape index (κ2) is 14.5. The summed E-state index contributed by atoms with van der Waals surface area (Å²) >= 11 is 6.10. The van der Waals surface area contributed by atoms with Gasteiger partial charge in [0.2, 0.25) is 0 Å². The van der Waals surface area contributed by atoms with Gasteiger partial charge in [-0.2, -0.15) is 0 Å². The molecule has 3 atom stereocenters. The van der Waals surface area contributed by atoms with E-state index in [2.05, 4.69) is 10.6 Å². The van der Waals surface area contributed by atoms with Crippen molar-refractivity contribution in [2.75, 3.05) is 40.4 Å². The Labute approximate surface area is 221 Å². The molecule has 36 heavy (non-hydrogen) atoms. The maximum Gasteiger partial charge on any atom is 0.317 e. The van der Waals surface area contributed by atoms with Gasteiger partial charge in [-0.05, 0) is 57.6 Å². The average Bonchev–Trinajstić information content (AvgIpc) is 2.89. The zero-order valence-corrected chi connectivity index (χ0v) is 22.8. The van der Waals surface area contributed by atoms with Crippen LogP contribution in [-0.4, -0.2) is 62.5 Å². The number of unbranched alkanes of at least 4 members (excludes halogenated alkanes) is 1. The van der Waals surface area contributed by atoms with E-state index in [9.17, 15) is 9.90 Å². The van der Waals surface area contributed by atoms with Gasteiger partial charge < -0.3 is 25.4 Å². The van der Waals surface area contributed by atoms with Gasteiger partial charge in [0.25, 0.3) is 0 Å². The normalized spacial score (nSPS) is 21.7. The molecule has 6 nitrogen and oxygen atoms in total. The lowest BCUT2D eigenvalue weighted by Crippen LogP contribution is -2.54. The van der Waals surface area contributed by atoms with Gasteiger partial charge in [-0.3, -0.25) is 0 Å². The zero-order chi connectivity index (χ0) is 26.0. The topological polar surface area (TPSA) is 73.8 Å². The summed E-state index contributed by atoms with van der Waals surface area (Å²) in [5, 5.41) is 18.5. The van der Waals surface area contributed by atoms with Crippen LogP contribution in [0.3, 0.4) is 0 Å². The Morgan fingerprint density at radius 1 is 1.25 bits per heavy atom. The predicted octanol–water partition coefficient (Wildman–Crippen LogP) is 5.46. The van der Waals surface area contributed by atoms with Crippen molar-refractivity contribution in [1.82, 2.24) is 15.5 Å². The molecule has 0 spiro atoms. The van der Waals surface area contributed by atoms with Gasteiger partial charge in [0, 0.05) is 50.9 Å². The minimum absolute atomic E-state index is 0.00541. The molecule has 1 heterocycles. The quantitative estimate of drug-likeness (QED) is 0.317. The second-order valence-corrected chi connectivity index (χ2v) is 11.1. The largest absolute Gasteiger partial charge is 0.385 e. The summed E-state index contributed by atoms with van der Waals surface area (Å²) in [6.07, 6.45) is 10.7. The number of ether oxygens (including phenoxy) is 1. The number of nitrogens with one attached hydrogen (secondary N) is 2. The van der Waals surface area contributed by atoms with Crippen molar-refractivity contribution in [2.45, 2.75) is 82.3 Å². The number of methoxy groups -OCH3 is 1. The first-order valence-electron chi connectivity index (χ1n) is 13.7. The highest BCUT2D eigenvalue weighted by Crippen LogP contribution is 2.42. The lowest BCUT2D eigenvalue weighted by Gasteiger charge is -2.43. The molecule has 1 unspecified atom stereocenters. The SMILES string of the molecule is CNCC(CC1CCCCC1)NC(=O)N1CCC[C@@H]([C@@](O)(CCCCOC)c2cccc(Cl)c2F)C1. The van der Waals surface area contributed by atoms with Crippen molar-refractivity contribution in [1.29, 1.82) is 0 Å². The standard InChI is InChI=1S/C28H45ClFN3O3/c1-31-19-23(18-21-10-4-3-5-11-21)32-27(34)33-16-9-12-22(20-33)28(35,15-6-7-17-36-2)24-13-8-14-25(29)26(24)30/h8,13-14,21-23,31,35H,3-7,9-12,15-20H2,1-2H3,(H,32,34)/t22-,23?,28+/m1/s1. The summed E-state index contributed by atoms with van der Waals surface area (Å²) in [6.45, 7) is 2.34. The predicted molar refractivity (Wildman–Crippen MR) is 143 cm³/mol. The highest BCUT2D eigenvalue weighted by Gasteiger charge is 2.43. The molecule has 1 saturated heterocycles. The Hall–Kier alpha value is -1.41. The molecule has 1 saturated carbocycles. The maximum absolute atomic E-state index is 15.1. The number of amides is 2. The average molecular weight is 526 g/mol. The monoisotopic (exact) mass is 525 g/mol. The van der Waals surface area contributed by atoms with E-state index in [4.69, 9.17) is 16.3 Å². The third-order valence-electron chi connectivity index (χ3n) is 8.08. The molecule has 0 radical (unpaired) electrons. The molecule has 8 heteroatoms. The van der Waals surface area contributed by atoms with Gasteiger partial charge in [-0.25, -0.2) is 9.18 Å². The smallest absolute Gasteiger partial charge is 0.317 e. The van der Waals surface area contributed by atoms with Gasteiger partial charge in [0.15, 0.2) is 0 Å². The molecule has 1 aliphatic carbocycles. The van der Waals surface area contributed by atoms with Crippen molar-refractivity contribution in [3.63, 3.8) is 0 Å². The molecule has 0 bridgehead atoms. The van der Waals surface area contributed by atoms with Crippen molar-refractivity contribution in [3.05, 3.63) is 34.6 Å². The Morgan fingerprint density at radius 2 is 2.03 bits per heavy atom. The lowest BCUT2D eigenvalue weighted by atomic mass is 9.74. The fourth-order valence-corrected chi connectivity index (χ4v) is 6.29. The van der Waals surface area contributed by atoms with Crippen LogP contribution >= 0.6 is 11.6 Å². The number of likely N-dealkylation sites (N-methyl/N-ethyl adjacent to an activating group) is 1. The molecule has 3 N–H and O–H groups in total. The second-order valence-electron chi connectivity index (χ2n) is 10.7. The van der Waals surface area contributed by atoms with Crippen LogP contribution in [0.25, 0.3) is 0 Å². The first-order chi connectivity index (χ1) is 17.4. The molecule has 2 fully saturated rings. The number of nitrogens with zero attached hydrogens (tertiary/aromatic N) is 1. The van der Waals surface area contributed by atoms with Crippen LogP contribution < -0.4 is 10.6 Å². The minimum Gasteiger partial charge on any atom is -0.385 e. The van der Waals surface area contributed by atoms with Crippen LogP contribution in [0, 0.1) is 17.7 Å². The van der Waals surface area contributed by atoms with Crippen LogP contribution in [0.4, 0.5) is 9.18 Å². The van der Waals surface area contributed by atoms with Crippen molar-refractivity contribution in [2.24, 2.45) is 11.8 Å². The van der Waals surface area contributed by atoms with E-state index in [1.54, 1.807) is 24.1 Å². The lowest BCUT2D eigenvalue weighted by molar-refractivity contribution is -0.0587. The number of carbonyl (C=O) groups excluding carboxylic acids is 1. The number of hydrogen-bond donors (Lipinski definition) is 3. The van der Waals surface area contributed by atoms with Gasteiger partial charge in [0.1, 0.15) is 5.82 Å². The van der Waals surface area contributed by atoms with Gasteiger partial charge in [0.05, 0.1) is 10.6 Å². The van der Waals surface area contributed by atoms with E-state index in [-0.39, 0.29) is 28.6 Å². The molecule has 2 aliphatic rings. The number of halogens is 2. The zero-order valence-electron chi connectivity index (χ0n) is 22.0. The highest BCUT2D eigenvalue weighted by atomic mass is 35.5. The summed E-state index contributed by atoms with van der Waals surface area (Å²) in [7, 11) is 3.57. The summed E-state index contributed by atoms with van der Waals surface area (Å²) in [6, 6.07) is 4.79. The summed E-state index contributed by atoms with van der Waals surface area (Å²) < 4.78 is 20.3. The number of rotatable bonds is 12. The van der Waals surface area contributed by atoms with Crippen LogP contribution in [0.1, 0.15) is 76.2 Å². The Kier molecular flexibility index (Phi) is 11.7. The Morgan fingerprint density at radius 3 is 2.75 bits per heavy atom. The van der Waals surface area contributed by atoms with E-state index < -0.39 is 11.4 Å². The van der Waals surface area contributed by atoms with E-state index in [1.807, 2.05) is 7.05 Å². The highest BCUT2D eigenvalue weighted by molar-refractivity contribution is 6.30. The molecule has 204 valence electrons. The number of likely N-dealkylation sites (tertiary alicyclic amines) is 1. The van der Waals surface area contributed by atoms with Crippen LogP contribution in [0.15, 0.2) is 18.2 Å². The van der Waals surface area contributed by atoms with E-state index >= 15 is 4.39 Å². The summed E-state index contributed by atoms with van der Waals surface area (Å²) in [5.41, 5.74) is -1.18. The number of carbonyl (C=O) groups is 1. The van der Waals surface area contributed by atoms with Crippen LogP contribution in [0.2, 0.25) is 5.02 Å². The Bertz CT molecular complexity index is 823. The maximum atomic E-state index is 15.1. The number of benzene rings is 1. The first kappa shape index (κ1) is 29.2. The molecule has 1 aliphatic heterocycles. The van der Waals surface area contributed by atoms with E-state index in [1.165, 1.54) is 38.2 Å². The van der Waals surface area contributed by atoms with Crippen LogP contribution in [0.5, 0.6) is 0 Å². The molecule has 2 amide bonds. The van der Waals surface area contributed by atoms with Crippen molar-refractivity contribution < 1.29 is 19.0 Å². The Balaban J connectivity index is 1.72. The molecule has 1 aromatic carbocycles. The molecule has 3 rings (SSSR count). The fourth-order valence-electron chi connectivity index (χ4n) is 6.12. The molecule has 0 aromatic heterocycles. The van der Waals surface area contributed by atoms with Gasteiger partial charge >= 0.3 is 6.03 Å². The summed E-state index contributed by atoms with van der Waals surface area (Å²) in [4.78, 5) is 15.2. The van der Waals surface area contributed by atoms with E-state index in [0.717, 1.165) is 32.2 Å². The third-order valence-corrected chi connectivity index (χ3v) is 8.37. The number of urea groups is 1. The molecule has 1 aromatic rings. The van der Waals surface area contributed by atoms with Crippen molar-refractivity contribution in [3.8, 4) is 0 Å². The van der Waals surface area contributed by atoms with Gasteiger partial charge in [-0.15, -0.1) is 0 Å².